The molecule has 4 heterocycles. The summed E-state index contributed by atoms with van der Waals surface area (Å²) in [4.78, 5) is 6.62. The van der Waals surface area contributed by atoms with Crippen LogP contribution in [0.25, 0.3) is 0 Å². The van der Waals surface area contributed by atoms with Gasteiger partial charge in [0.2, 0.25) is 5.12 Å². The Labute approximate surface area is 169 Å². The molecule has 5 nitrogen and oxygen atoms in total. The predicted octanol–water partition coefficient (Wildman–Crippen LogP) is 3.03. The molecule has 0 unspecified atom stereocenters. The van der Waals surface area contributed by atoms with Gasteiger partial charge in [-0.15, -0.1) is 0 Å². The number of rotatable bonds is 10. The SMILES string of the molecule is C1CCN(CCCOC2(OCCCN3CCCC3)CC3=C(CNCC3)S2)C1. The summed E-state index contributed by atoms with van der Waals surface area (Å²) in [5.41, 5.74) is 1.57. The van der Waals surface area contributed by atoms with E-state index in [1.807, 2.05) is 11.8 Å². The van der Waals surface area contributed by atoms with Crippen LogP contribution in [0.15, 0.2) is 10.5 Å². The van der Waals surface area contributed by atoms with Gasteiger partial charge in [0.25, 0.3) is 0 Å². The molecule has 0 atom stereocenters. The number of ether oxygens (including phenoxy) is 2. The van der Waals surface area contributed by atoms with Gasteiger partial charge in [0, 0.05) is 31.0 Å². The maximum atomic E-state index is 6.45. The van der Waals surface area contributed by atoms with Crippen LogP contribution in [0.3, 0.4) is 0 Å². The zero-order valence-electron chi connectivity index (χ0n) is 16.8. The summed E-state index contributed by atoms with van der Waals surface area (Å²) in [6, 6.07) is 0. The predicted molar refractivity (Wildman–Crippen MR) is 112 cm³/mol. The molecule has 0 aliphatic carbocycles. The molecule has 4 aliphatic rings. The molecule has 0 radical (unpaired) electrons. The fourth-order valence-electron chi connectivity index (χ4n) is 4.73. The summed E-state index contributed by atoms with van der Waals surface area (Å²) in [6.45, 7) is 11.1. The van der Waals surface area contributed by atoms with E-state index >= 15 is 0 Å². The number of thioether (sulfide) groups is 1. The Hall–Kier alpha value is -0.110. The van der Waals surface area contributed by atoms with Gasteiger partial charge in [0.15, 0.2) is 0 Å². The van der Waals surface area contributed by atoms with E-state index < -0.39 is 5.12 Å². The van der Waals surface area contributed by atoms with Gasteiger partial charge < -0.3 is 24.6 Å². The van der Waals surface area contributed by atoms with E-state index in [2.05, 4.69) is 15.1 Å². The van der Waals surface area contributed by atoms with Gasteiger partial charge in [-0.05, 0) is 77.7 Å². The second-order valence-electron chi connectivity index (χ2n) is 8.42. The van der Waals surface area contributed by atoms with E-state index in [0.29, 0.717) is 0 Å². The molecule has 2 fully saturated rings. The minimum atomic E-state index is -0.452. The van der Waals surface area contributed by atoms with Gasteiger partial charge in [0.05, 0.1) is 13.2 Å². The van der Waals surface area contributed by atoms with Crippen molar-refractivity contribution in [2.45, 2.75) is 56.5 Å². The zero-order valence-corrected chi connectivity index (χ0v) is 17.7. The van der Waals surface area contributed by atoms with Crippen LogP contribution in [0.5, 0.6) is 0 Å². The van der Waals surface area contributed by atoms with Crippen molar-refractivity contribution < 1.29 is 9.47 Å². The Morgan fingerprint density at radius 2 is 1.48 bits per heavy atom. The van der Waals surface area contributed by atoms with Gasteiger partial charge in [-0.25, -0.2) is 0 Å². The molecule has 0 bridgehead atoms. The van der Waals surface area contributed by atoms with Crippen molar-refractivity contribution in [3.05, 3.63) is 10.5 Å². The minimum absolute atomic E-state index is 0.452. The number of nitrogens with one attached hydrogen (secondary N) is 1. The second-order valence-corrected chi connectivity index (χ2v) is 9.74. The third-order valence-electron chi connectivity index (χ3n) is 6.27. The van der Waals surface area contributed by atoms with Crippen LogP contribution >= 0.6 is 11.8 Å². The normalized spacial score (nSPS) is 26.2. The molecule has 27 heavy (non-hydrogen) atoms. The molecule has 4 rings (SSSR count). The number of hydrogen-bond donors (Lipinski definition) is 1. The first kappa shape index (κ1) is 20.2. The lowest BCUT2D eigenvalue weighted by Crippen LogP contribution is -2.33. The summed E-state index contributed by atoms with van der Waals surface area (Å²) in [7, 11) is 0. The Morgan fingerprint density at radius 1 is 0.889 bits per heavy atom. The van der Waals surface area contributed by atoms with Crippen LogP contribution in [-0.2, 0) is 9.47 Å². The average Bonchev–Trinajstić information content (AvgIpc) is 3.43. The van der Waals surface area contributed by atoms with Crippen LogP contribution < -0.4 is 5.32 Å². The lowest BCUT2D eigenvalue weighted by molar-refractivity contribution is -0.170. The Kier molecular flexibility index (Phi) is 7.53. The largest absolute Gasteiger partial charge is 0.341 e. The van der Waals surface area contributed by atoms with Gasteiger partial charge in [-0.3, -0.25) is 0 Å². The Balaban J connectivity index is 1.23. The molecule has 1 N–H and O–H groups in total. The molecule has 4 aliphatic heterocycles. The molecule has 0 saturated carbocycles. The zero-order chi connectivity index (χ0) is 18.4. The summed E-state index contributed by atoms with van der Waals surface area (Å²) in [5.74, 6) is 0. The number of likely N-dealkylation sites (tertiary alicyclic amines) is 2. The van der Waals surface area contributed by atoms with Gasteiger partial charge in [-0.1, -0.05) is 17.3 Å². The summed E-state index contributed by atoms with van der Waals surface area (Å²) >= 11 is 1.85. The monoisotopic (exact) mass is 395 g/mol. The highest BCUT2D eigenvalue weighted by molar-refractivity contribution is 8.04. The lowest BCUT2D eigenvalue weighted by Gasteiger charge is -2.30. The molecule has 0 aromatic rings. The smallest absolute Gasteiger partial charge is 0.226 e. The first-order valence-corrected chi connectivity index (χ1v) is 12.0. The van der Waals surface area contributed by atoms with Crippen LogP contribution in [0.2, 0.25) is 0 Å². The van der Waals surface area contributed by atoms with E-state index in [-0.39, 0.29) is 0 Å². The lowest BCUT2D eigenvalue weighted by atomic mass is 10.1. The van der Waals surface area contributed by atoms with Crippen molar-refractivity contribution in [2.24, 2.45) is 0 Å². The molecule has 0 aromatic heterocycles. The van der Waals surface area contributed by atoms with Crippen molar-refractivity contribution in [1.82, 2.24) is 15.1 Å². The van der Waals surface area contributed by atoms with Crippen molar-refractivity contribution in [3.63, 3.8) is 0 Å². The first-order valence-electron chi connectivity index (χ1n) is 11.2. The van der Waals surface area contributed by atoms with Crippen molar-refractivity contribution in [3.8, 4) is 0 Å². The second kappa shape index (κ2) is 10.1. The highest BCUT2D eigenvalue weighted by atomic mass is 32.2. The topological polar surface area (TPSA) is 37.0 Å². The molecule has 0 spiro atoms. The summed E-state index contributed by atoms with van der Waals surface area (Å²) in [6.07, 6.45) is 9.80. The number of hydrogen-bond acceptors (Lipinski definition) is 6. The Morgan fingerprint density at radius 3 is 2.04 bits per heavy atom. The van der Waals surface area contributed by atoms with Crippen LogP contribution in [-0.4, -0.2) is 80.5 Å². The van der Waals surface area contributed by atoms with E-state index in [9.17, 15) is 0 Å². The highest BCUT2D eigenvalue weighted by Gasteiger charge is 2.42. The standard InChI is InChI=1S/C21H37N3O2S/c1-2-10-23(9-1)13-5-15-25-21(17-19-7-8-22-18-20(19)27-21)26-16-6-14-24-11-3-4-12-24/h22H,1-18H2. The Bertz CT molecular complexity index is 458. The van der Waals surface area contributed by atoms with E-state index in [4.69, 9.17) is 9.47 Å². The minimum Gasteiger partial charge on any atom is -0.341 e. The van der Waals surface area contributed by atoms with Crippen molar-refractivity contribution in [1.29, 1.82) is 0 Å². The average molecular weight is 396 g/mol. The first-order chi connectivity index (χ1) is 13.3. The van der Waals surface area contributed by atoms with E-state index in [1.54, 1.807) is 5.57 Å². The third kappa shape index (κ3) is 5.71. The van der Waals surface area contributed by atoms with Crippen LogP contribution in [0, 0.1) is 0 Å². The molecule has 2 saturated heterocycles. The van der Waals surface area contributed by atoms with E-state index in [0.717, 1.165) is 52.0 Å². The maximum Gasteiger partial charge on any atom is 0.226 e. The van der Waals surface area contributed by atoms with E-state index in [1.165, 1.54) is 69.9 Å². The summed E-state index contributed by atoms with van der Waals surface area (Å²) < 4.78 is 12.9. The van der Waals surface area contributed by atoms with Crippen molar-refractivity contribution in [2.75, 3.05) is 65.6 Å². The van der Waals surface area contributed by atoms with Gasteiger partial charge in [0.1, 0.15) is 0 Å². The molecule has 0 amide bonds. The molecule has 0 aromatic carbocycles. The fourth-order valence-corrected chi connectivity index (χ4v) is 6.13. The molecule has 6 heteroatoms. The van der Waals surface area contributed by atoms with Crippen molar-refractivity contribution >= 4 is 11.8 Å². The number of nitrogens with zero attached hydrogens (tertiary/aromatic N) is 2. The summed E-state index contributed by atoms with van der Waals surface area (Å²) in [5, 5.41) is 3.05. The highest BCUT2D eigenvalue weighted by Crippen LogP contribution is 2.49. The maximum absolute atomic E-state index is 6.45. The molecular weight excluding hydrogens is 358 g/mol. The third-order valence-corrected chi connectivity index (χ3v) is 7.64. The fraction of sp³-hybridized carbons (Fsp3) is 0.905. The quantitative estimate of drug-likeness (QED) is 0.453. The molecular formula is C21H37N3O2S. The van der Waals surface area contributed by atoms with Gasteiger partial charge >= 0.3 is 0 Å². The molecule has 154 valence electrons. The van der Waals surface area contributed by atoms with Crippen LogP contribution in [0.1, 0.15) is 51.4 Å². The van der Waals surface area contributed by atoms with Gasteiger partial charge in [-0.2, -0.15) is 0 Å². The van der Waals surface area contributed by atoms with Crippen LogP contribution in [0.4, 0.5) is 0 Å².